The fraction of sp³-hybridized carbons (Fsp3) is 0.321. The van der Waals surface area contributed by atoms with Crippen LogP contribution >= 0.6 is 11.8 Å². The second-order valence-electron chi connectivity index (χ2n) is 9.15. The molecule has 2 amide bonds. The van der Waals surface area contributed by atoms with Crippen molar-refractivity contribution >= 4 is 50.9 Å². The van der Waals surface area contributed by atoms with Crippen molar-refractivity contribution in [2.75, 3.05) is 18.5 Å². The topological polar surface area (TPSA) is 71.0 Å². The van der Waals surface area contributed by atoms with Crippen molar-refractivity contribution in [3.63, 3.8) is 0 Å². The largest absolute Gasteiger partial charge is 0.376 e. The lowest BCUT2D eigenvalue weighted by Crippen LogP contribution is -2.38. The molecule has 5 rings (SSSR count). The Morgan fingerprint density at radius 2 is 1.97 bits per heavy atom. The molecule has 2 aliphatic rings. The zero-order chi connectivity index (χ0) is 24.4. The van der Waals surface area contributed by atoms with E-state index in [4.69, 9.17) is 9.73 Å². The Labute approximate surface area is 209 Å². The Morgan fingerprint density at radius 1 is 1.14 bits per heavy atom. The smallest absolute Gasteiger partial charge is 0.242 e. The molecule has 2 atom stereocenters. The molecule has 2 unspecified atom stereocenters. The van der Waals surface area contributed by atoms with Crippen LogP contribution in [0.5, 0.6) is 0 Å². The number of carbonyl (C=O) groups is 2. The van der Waals surface area contributed by atoms with Crippen LogP contribution in [0.25, 0.3) is 10.8 Å². The number of carbonyl (C=O) groups excluding carboxylic acids is 2. The van der Waals surface area contributed by atoms with Gasteiger partial charge in [0.1, 0.15) is 5.25 Å². The van der Waals surface area contributed by atoms with Crippen LogP contribution in [0.4, 0.5) is 11.4 Å². The molecule has 2 aliphatic heterocycles. The van der Waals surface area contributed by atoms with Crippen LogP contribution < -0.4 is 5.32 Å². The second kappa shape index (κ2) is 10.2. The van der Waals surface area contributed by atoms with Crippen molar-refractivity contribution in [1.82, 2.24) is 4.90 Å². The van der Waals surface area contributed by atoms with E-state index in [9.17, 15) is 9.59 Å². The number of aliphatic imine (C=N–C) groups is 1. The minimum absolute atomic E-state index is 0.000197. The van der Waals surface area contributed by atoms with Crippen molar-refractivity contribution in [2.24, 2.45) is 4.99 Å². The van der Waals surface area contributed by atoms with E-state index in [1.807, 2.05) is 62.4 Å². The van der Waals surface area contributed by atoms with Gasteiger partial charge in [-0.05, 0) is 55.3 Å². The van der Waals surface area contributed by atoms with Crippen LogP contribution in [0.15, 0.2) is 65.7 Å². The van der Waals surface area contributed by atoms with Gasteiger partial charge < -0.3 is 10.1 Å². The summed E-state index contributed by atoms with van der Waals surface area (Å²) >= 11 is 1.37. The van der Waals surface area contributed by atoms with E-state index in [2.05, 4.69) is 17.4 Å². The van der Waals surface area contributed by atoms with E-state index in [0.29, 0.717) is 11.7 Å². The zero-order valence-corrected chi connectivity index (χ0v) is 20.8. The summed E-state index contributed by atoms with van der Waals surface area (Å²) in [6.45, 7) is 5.13. The molecule has 0 aliphatic carbocycles. The van der Waals surface area contributed by atoms with E-state index in [-0.39, 0.29) is 24.3 Å². The third-order valence-corrected chi connectivity index (χ3v) is 7.63. The normalized spacial score (nSPS) is 21.3. The summed E-state index contributed by atoms with van der Waals surface area (Å²) in [5, 5.41) is 5.23. The Hall–Kier alpha value is -3.16. The van der Waals surface area contributed by atoms with Gasteiger partial charge in [0.25, 0.3) is 0 Å². The summed E-state index contributed by atoms with van der Waals surface area (Å²) in [7, 11) is 0. The maximum atomic E-state index is 13.5. The van der Waals surface area contributed by atoms with E-state index in [1.165, 1.54) is 11.8 Å². The highest BCUT2D eigenvalue weighted by Crippen LogP contribution is 2.35. The number of rotatable bonds is 6. The Balaban J connectivity index is 1.40. The molecule has 6 nitrogen and oxygen atoms in total. The first-order valence-corrected chi connectivity index (χ1v) is 12.9. The van der Waals surface area contributed by atoms with Crippen molar-refractivity contribution in [2.45, 2.75) is 44.5 Å². The molecule has 2 fully saturated rings. The molecule has 0 saturated carbocycles. The standard InChI is InChI=1S/C28H29N3O3S/c1-18-12-13-19(2)24(15-18)29-26(32)16-25-27(33)31(17-21-9-6-14-34-21)28(35-25)30-23-11-5-8-20-7-3-4-10-22(20)23/h3-5,7-8,10-13,15,21,25H,6,9,14,16-17H2,1-2H3,(H,29,32). The SMILES string of the molecule is Cc1ccc(C)c(NC(=O)CC2SC(=Nc3cccc4ccccc34)N(CC3CCCO3)C2=O)c1. The van der Waals surface area contributed by atoms with Gasteiger partial charge in [-0.1, -0.05) is 60.3 Å². The molecule has 0 spiro atoms. The molecule has 1 N–H and O–H groups in total. The van der Waals surface area contributed by atoms with Crippen LogP contribution in [-0.2, 0) is 14.3 Å². The molecule has 3 aromatic carbocycles. The molecule has 0 aromatic heterocycles. The maximum Gasteiger partial charge on any atom is 0.242 e. The molecule has 2 heterocycles. The number of amides is 2. The highest BCUT2D eigenvalue weighted by Gasteiger charge is 2.40. The predicted molar refractivity (Wildman–Crippen MR) is 142 cm³/mol. The zero-order valence-electron chi connectivity index (χ0n) is 20.0. The van der Waals surface area contributed by atoms with Crippen molar-refractivity contribution in [3.05, 3.63) is 71.8 Å². The van der Waals surface area contributed by atoms with Crippen molar-refractivity contribution in [3.8, 4) is 0 Å². The molecule has 180 valence electrons. The number of nitrogens with one attached hydrogen (secondary N) is 1. The number of ether oxygens (including phenoxy) is 1. The molecule has 7 heteroatoms. The first-order valence-electron chi connectivity index (χ1n) is 12.0. The number of anilines is 1. The fourth-order valence-corrected chi connectivity index (χ4v) is 5.69. The summed E-state index contributed by atoms with van der Waals surface area (Å²) < 4.78 is 5.81. The van der Waals surface area contributed by atoms with Crippen LogP contribution in [-0.4, -0.2) is 46.4 Å². The second-order valence-corrected chi connectivity index (χ2v) is 10.3. The monoisotopic (exact) mass is 487 g/mol. The summed E-state index contributed by atoms with van der Waals surface area (Å²) in [5.41, 5.74) is 3.67. The van der Waals surface area contributed by atoms with Gasteiger partial charge in [0.2, 0.25) is 11.8 Å². The van der Waals surface area contributed by atoms with Crippen LogP contribution in [0, 0.1) is 13.8 Å². The Bertz CT molecular complexity index is 1290. The van der Waals surface area contributed by atoms with Gasteiger partial charge in [0, 0.05) is 24.1 Å². The fourth-order valence-electron chi connectivity index (χ4n) is 4.53. The lowest BCUT2D eigenvalue weighted by molar-refractivity contribution is -0.129. The molecular formula is C28H29N3O3S. The van der Waals surface area contributed by atoms with Gasteiger partial charge in [-0.25, -0.2) is 4.99 Å². The van der Waals surface area contributed by atoms with Crippen molar-refractivity contribution in [1.29, 1.82) is 0 Å². The number of fused-ring (bicyclic) bond motifs is 1. The summed E-state index contributed by atoms with van der Waals surface area (Å²) in [6, 6.07) is 20.0. The number of amidine groups is 1. The quantitative estimate of drug-likeness (QED) is 0.492. The van der Waals surface area contributed by atoms with Gasteiger partial charge in [-0.3, -0.25) is 14.5 Å². The number of nitrogens with zero attached hydrogens (tertiary/aromatic N) is 2. The van der Waals surface area contributed by atoms with Gasteiger partial charge >= 0.3 is 0 Å². The summed E-state index contributed by atoms with van der Waals surface area (Å²) in [5.74, 6) is -0.256. The number of thioether (sulfide) groups is 1. The van der Waals surface area contributed by atoms with Gasteiger partial charge in [-0.15, -0.1) is 0 Å². The number of benzene rings is 3. The highest BCUT2D eigenvalue weighted by atomic mass is 32.2. The Kier molecular flexibility index (Phi) is 6.88. The van der Waals surface area contributed by atoms with Crippen LogP contribution in [0.1, 0.15) is 30.4 Å². The predicted octanol–water partition coefficient (Wildman–Crippen LogP) is 5.60. The molecule has 3 aromatic rings. The van der Waals surface area contributed by atoms with Gasteiger partial charge in [-0.2, -0.15) is 0 Å². The summed E-state index contributed by atoms with van der Waals surface area (Å²) in [4.78, 5) is 33.0. The molecule has 0 radical (unpaired) electrons. The maximum absolute atomic E-state index is 13.5. The van der Waals surface area contributed by atoms with Gasteiger partial charge in [0.05, 0.1) is 18.3 Å². The molecule has 2 saturated heterocycles. The van der Waals surface area contributed by atoms with Crippen LogP contribution in [0.2, 0.25) is 0 Å². The minimum atomic E-state index is -0.518. The highest BCUT2D eigenvalue weighted by molar-refractivity contribution is 8.15. The van der Waals surface area contributed by atoms with Crippen molar-refractivity contribution < 1.29 is 14.3 Å². The first-order chi connectivity index (χ1) is 17.0. The first kappa shape index (κ1) is 23.6. The third-order valence-electron chi connectivity index (χ3n) is 6.45. The van der Waals surface area contributed by atoms with E-state index in [1.54, 1.807) is 4.90 Å². The molecular weight excluding hydrogens is 458 g/mol. The lowest BCUT2D eigenvalue weighted by Gasteiger charge is -2.20. The average molecular weight is 488 g/mol. The Morgan fingerprint density at radius 3 is 2.80 bits per heavy atom. The number of hydrogen-bond acceptors (Lipinski definition) is 5. The third kappa shape index (κ3) is 5.26. The molecule has 35 heavy (non-hydrogen) atoms. The lowest BCUT2D eigenvalue weighted by atomic mass is 10.1. The van der Waals surface area contributed by atoms with E-state index < -0.39 is 5.25 Å². The van der Waals surface area contributed by atoms with E-state index >= 15 is 0 Å². The number of aryl methyl sites for hydroxylation is 2. The van der Waals surface area contributed by atoms with Crippen LogP contribution in [0.3, 0.4) is 0 Å². The van der Waals surface area contributed by atoms with Gasteiger partial charge in [0.15, 0.2) is 5.17 Å². The molecule has 0 bridgehead atoms. The minimum Gasteiger partial charge on any atom is -0.376 e. The average Bonchev–Trinajstić information content (AvgIpc) is 3.46. The summed E-state index contributed by atoms with van der Waals surface area (Å²) in [6.07, 6.45) is 2.01. The van der Waals surface area contributed by atoms with E-state index in [0.717, 1.165) is 52.7 Å². The number of hydrogen-bond donors (Lipinski definition) is 1.